The van der Waals surface area contributed by atoms with Crippen LogP contribution in [-0.2, 0) is 9.53 Å². The van der Waals surface area contributed by atoms with Gasteiger partial charge >= 0.3 is 0 Å². The van der Waals surface area contributed by atoms with E-state index in [4.69, 9.17) is 11.2 Å². The van der Waals surface area contributed by atoms with E-state index < -0.39 is 12.2 Å². The number of nitrogens with zero attached hydrogens (tertiary/aromatic N) is 5. The van der Waals surface area contributed by atoms with E-state index in [-0.39, 0.29) is 41.7 Å². The van der Waals surface area contributed by atoms with Crippen LogP contribution in [0.5, 0.6) is 0 Å². The molecule has 3 fully saturated rings. The van der Waals surface area contributed by atoms with Crippen molar-refractivity contribution in [3.05, 3.63) is 42.5 Å². The average Bonchev–Trinajstić information content (AvgIpc) is 3.59. The van der Waals surface area contributed by atoms with Crippen molar-refractivity contribution in [3.63, 3.8) is 0 Å². The second kappa shape index (κ2) is 8.28. The predicted molar refractivity (Wildman–Crippen MR) is 118 cm³/mol. The first-order valence-corrected chi connectivity index (χ1v) is 11.2. The van der Waals surface area contributed by atoms with Gasteiger partial charge in [-0.1, -0.05) is 5.92 Å². The molecule has 5 rings (SSSR count). The van der Waals surface area contributed by atoms with Gasteiger partial charge in [0, 0.05) is 44.4 Å². The molecule has 0 aliphatic carbocycles. The van der Waals surface area contributed by atoms with Crippen LogP contribution in [0.15, 0.2) is 36.9 Å². The van der Waals surface area contributed by atoms with Gasteiger partial charge in [-0.15, -0.1) is 6.42 Å². The number of likely N-dealkylation sites (tertiary alicyclic amines) is 1. The van der Waals surface area contributed by atoms with Crippen molar-refractivity contribution in [2.24, 2.45) is 17.8 Å². The number of terminal acetylenes is 1. The first-order valence-electron chi connectivity index (χ1n) is 11.2. The van der Waals surface area contributed by atoms with Gasteiger partial charge in [-0.05, 0) is 25.5 Å². The molecule has 3 saturated heterocycles. The number of hydrogen-bond acceptors (Lipinski definition) is 6. The third kappa shape index (κ3) is 3.59. The highest BCUT2D eigenvalue weighted by atomic mass is 16.5. The number of pyridine rings is 1. The van der Waals surface area contributed by atoms with Crippen LogP contribution in [0.4, 0.5) is 0 Å². The monoisotopic (exact) mass is 449 g/mol. The van der Waals surface area contributed by atoms with E-state index in [1.165, 1.54) is 0 Å². The third-order valence-corrected chi connectivity index (χ3v) is 7.38. The zero-order chi connectivity index (χ0) is 23.3. The number of aliphatic hydroxyl groups is 1. The summed E-state index contributed by atoms with van der Waals surface area (Å²) in [6.07, 6.45) is 11.1. The van der Waals surface area contributed by atoms with E-state index in [1.807, 2.05) is 6.07 Å². The summed E-state index contributed by atoms with van der Waals surface area (Å²) < 4.78 is 7.72. The lowest BCUT2D eigenvalue weighted by Crippen LogP contribution is -2.48. The summed E-state index contributed by atoms with van der Waals surface area (Å²) in [5.74, 6) is 1.76. The fourth-order valence-corrected chi connectivity index (χ4v) is 5.41. The molecule has 2 bridgehead atoms. The van der Waals surface area contributed by atoms with Gasteiger partial charge < -0.3 is 19.6 Å². The van der Waals surface area contributed by atoms with Crippen LogP contribution >= 0.6 is 0 Å². The number of amides is 2. The maximum Gasteiger partial charge on any atom is 0.257 e. The van der Waals surface area contributed by atoms with Crippen molar-refractivity contribution in [1.29, 1.82) is 0 Å². The molecule has 1 N–H and O–H groups in total. The highest BCUT2D eigenvalue weighted by Crippen LogP contribution is 2.47. The smallest absolute Gasteiger partial charge is 0.257 e. The van der Waals surface area contributed by atoms with Crippen LogP contribution in [0.2, 0.25) is 0 Å². The van der Waals surface area contributed by atoms with Gasteiger partial charge in [0.2, 0.25) is 5.91 Å². The molecular formula is C24H27N5O4. The van der Waals surface area contributed by atoms with Gasteiger partial charge in [0.05, 0.1) is 53.9 Å². The molecule has 0 saturated carbocycles. The topological polar surface area (TPSA) is 101 Å². The minimum absolute atomic E-state index is 0.0664. The van der Waals surface area contributed by atoms with Crippen molar-refractivity contribution in [1.82, 2.24) is 24.6 Å². The minimum atomic E-state index is -0.713. The molecule has 5 heterocycles. The maximum absolute atomic E-state index is 13.2. The molecular weight excluding hydrogens is 422 g/mol. The molecule has 2 amide bonds. The van der Waals surface area contributed by atoms with Crippen LogP contribution in [0.25, 0.3) is 5.69 Å². The summed E-state index contributed by atoms with van der Waals surface area (Å²) in [4.78, 5) is 33.8. The minimum Gasteiger partial charge on any atom is -0.390 e. The van der Waals surface area contributed by atoms with Crippen molar-refractivity contribution in [3.8, 4) is 18.0 Å². The molecule has 2 aromatic heterocycles. The van der Waals surface area contributed by atoms with E-state index in [2.05, 4.69) is 16.0 Å². The van der Waals surface area contributed by atoms with E-state index >= 15 is 0 Å². The summed E-state index contributed by atoms with van der Waals surface area (Å²) in [5.41, 5.74) is 1.23. The van der Waals surface area contributed by atoms with Gasteiger partial charge in [0.25, 0.3) is 5.91 Å². The standard InChI is InChI=1S/C24H27N5O4/c1-4-14(2)27(3)24(32)17-8-20-21(30)18-12-28(13-19(18)22(17)33-20)23(31)15-9-26-29(11-15)16-6-5-7-25-10-16/h1,5-7,9-11,14,17-22,30H,8,12-13H2,2-3H3/t14?,17-,18+,19-,20-,21-,22+/m0/s1. The molecule has 9 heteroatoms. The molecule has 7 atom stereocenters. The SMILES string of the molecule is C#CC(C)N(C)C(=O)[C@H]1C[C@@H]2O[C@H]1[C@H]1CN(C(=O)c3cnn(-c4cccnc4)c3)C[C@H]1[C@@H]2O. The Hall–Kier alpha value is -3.22. The number of carbonyl (C=O) groups is 2. The normalized spacial score (nSPS) is 31.0. The quantitative estimate of drug-likeness (QED) is 0.686. The summed E-state index contributed by atoms with van der Waals surface area (Å²) in [6.45, 7) is 2.66. The van der Waals surface area contributed by atoms with Crippen LogP contribution in [-0.4, -0.2) is 86.0 Å². The van der Waals surface area contributed by atoms with Gasteiger partial charge in [0.1, 0.15) is 0 Å². The van der Waals surface area contributed by atoms with Gasteiger partial charge in [-0.3, -0.25) is 14.6 Å². The van der Waals surface area contributed by atoms with Crippen LogP contribution in [0, 0.1) is 30.1 Å². The van der Waals surface area contributed by atoms with Gasteiger partial charge in [0.15, 0.2) is 0 Å². The Morgan fingerprint density at radius 1 is 1.33 bits per heavy atom. The Morgan fingerprint density at radius 2 is 2.12 bits per heavy atom. The molecule has 0 aromatic carbocycles. The first kappa shape index (κ1) is 21.6. The van der Waals surface area contributed by atoms with E-state index in [1.54, 1.807) is 59.3 Å². The number of carbonyl (C=O) groups excluding carboxylic acids is 2. The molecule has 0 spiro atoms. The third-order valence-electron chi connectivity index (χ3n) is 7.38. The van der Waals surface area contributed by atoms with E-state index in [0.29, 0.717) is 25.1 Å². The number of hydrogen-bond donors (Lipinski definition) is 1. The Labute approximate surface area is 192 Å². The fraction of sp³-hybridized carbons (Fsp3) is 0.500. The summed E-state index contributed by atoms with van der Waals surface area (Å²) in [5, 5.41) is 15.2. The molecule has 1 unspecified atom stereocenters. The zero-order valence-electron chi connectivity index (χ0n) is 18.6. The van der Waals surface area contributed by atoms with E-state index in [9.17, 15) is 14.7 Å². The van der Waals surface area contributed by atoms with Crippen LogP contribution < -0.4 is 0 Å². The molecule has 3 aliphatic rings. The fourth-order valence-electron chi connectivity index (χ4n) is 5.41. The molecule has 0 radical (unpaired) electrons. The van der Waals surface area contributed by atoms with Crippen molar-refractivity contribution >= 4 is 11.8 Å². The molecule has 2 aromatic rings. The maximum atomic E-state index is 13.2. The Balaban J connectivity index is 1.33. The lowest BCUT2D eigenvalue weighted by atomic mass is 9.83. The van der Waals surface area contributed by atoms with E-state index in [0.717, 1.165) is 5.69 Å². The summed E-state index contributed by atoms with van der Waals surface area (Å²) in [6, 6.07) is 3.34. The number of rotatable bonds is 4. The Bertz CT molecular complexity index is 1100. The Kier molecular flexibility index (Phi) is 5.43. The lowest BCUT2D eigenvalue weighted by molar-refractivity contribution is -0.147. The number of fused-ring (bicyclic) bond motifs is 4. The van der Waals surface area contributed by atoms with Crippen molar-refractivity contribution in [2.75, 3.05) is 20.1 Å². The second-order valence-corrected chi connectivity index (χ2v) is 9.19. The van der Waals surface area contributed by atoms with Crippen LogP contribution in [0.1, 0.15) is 23.7 Å². The molecule has 9 nitrogen and oxygen atoms in total. The Morgan fingerprint density at radius 3 is 2.85 bits per heavy atom. The number of aromatic nitrogens is 3. The van der Waals surface area contributed by atoms with Gasteiger partial charge in [-0.25, -0.2) is 4.68 Å². The molecule has 3 aliphatic heterocycles. The number of ether oxygens (including phenoxy) is 1. The molecule has 33 heavy (non-hydrogen) atoms. The summed E-state index contributed by atoms with van der Waals surface area (Å²) in [7, 11) is 1.70. The van der Waals surface area contributed by atoms with Gasteiger partial charge in [-0.2, -0.15) is 5.10 Å². The van der Waals surface area contributed by atoms with Crippen LogP contribution in [0.3, 0.4) is 0 Å². The highest BCUT2D eigenvalue weighted by Gasteiger charge is 2.58. The predicted octanol–water partition coefficient (Wildman–Crippen LogP) is 0.584. The first-order chi connectivity index (χ1) is 15.9. The summed E-state index contributed by atoms with van der Waals surface area (Å²) >= 11 is 0. The average molecular weight is 450 g/mol. The van der Waals surface area contributed by atoms with Crippen molar-refractivity contribution < 1.29 is 19.4 Å². The number of aliphatic hydroxyl groups excluding tert-OH is 1. The van der Waals surface area contributed by atoms with Crippen molar-refractivity contribution in [2.45, 2.75) is 37.7 Å². The second-order valence-electron chi connectivity index (χ2n) is 9.19. The highest BCUT2D eigenvalue weighted by molar-refractivity contribution is 5.94. The lowest BCUT2D eigenvalue weighted by Gasteiger charge is -2.36. The molecule has 172 valence electrons. The largest absolute Gasteiger partial charge is 0.390 e. The zero-order valence-corrected chi connectivity index (χ0v) is 18.6.